The van der Waals surface area contributed by atoms with Crippen molar-refractivity contribution in [2.45, 2.75) is 20.3 Å². The van der Waals surface area contributed by atoms with Gasteiger partial charge in [-0.25, -0.2) is 0 Å². The second-order valence-electron chi connectivity index (χ2n) is 12.4. The van der Waals surface area contributed by atoms with Gasteiger partial charge in [0.15, 0.2) is 5.78 Å². The van der Waals surface area contributed by atoms with Crippen LogP contribution in [-0.2, 0) is 6.42 Å². The third kappa shape index (κ3) is 5.08. The summed E-state index contributed by atoms with van der Waals surface area (Å²) in [6.45, 7) is 4.19. The van der Waals surface area contributed by atoms with E-state index in [0.29, 0.717) is 6.42 Å². The average Bonchev–Trinajstić information content (AvgIpc) is 3.39. The van der Waals surface area contributed by atoms with Crippen molar-refractivity contribution in [3.63, 3.8) is 0 Å². The Morgan fingerprint density at radius 1 is 0.565 bits per heavy atom. The summed E-state index contributed by atoms with van der Waals surface area (Å²) in [4.78, 5) is 15.3. The highest BCUT2D eigenvalue weighted by Gasteiger charge is 2.24. The van der Waals surface area contributed by atoms with E-state index in [1.165, 1.54) is 37.9 Å². The number of hydrogen-bond acceptors (Lipinski definition) is 2. The Labute approximate surface area is 269 Å². The van der Waals surface area contributed by atoms with E-state index < -0.39 is 0 Å². The summed E-state index contributed by atoms with van der Waals surface area (Å²) >= 11 is 0. The normalized spacial score (nSPS) is 13.8. The number of carbonyl (C=O) groups is 1. The zero-order valence-electron chi connectivity index (χ0n) is 26.0. The number of fused-ring (bicyclic) bond motifs is 4. The lowest BCUT2D eigenvalue weighted by Crippen LogP contribution is -2.10. The molecule has 1 aliphatic rings. The van der Waals surface area contributed by atoms with E-state index in [0.717, 1.165) is 44.9 Å². The third-order valence-corrected chi connectivity index (χ3v) is 9.21. The predicted molar refractivity (Wildman–Crippen MR) is 195 cm³/mol. The van der Waals surface area contributed by atoms with Crippen LogP contribution in [0.1, 0.15) is 32.6 Å². The first kappa shape index (κ1) is 27.8. The first-order valence-electron chi connectivity index (χ1n) is 15.8. The molecule has 220 valence electrons. The van der Waals surface area contributed by atoms with Crippen molar-refractivity contribution in [3.8, 4) is 0 Å². The Kier molecular flexibility index (Phi) is 6.84. The van der Waals surface area contributed by atoms with Crippen LogP contribution in [0.3, 0.4) is 0 Å². The van der Waals surface area contributed by atoms with Gasteiger partial charge in [-0.1, -0.05) is 109 Å². The molecule has 0 fully saturated rings. The minimum atomic E-state index is 0.147. The van der Waals surface area contributed by atoms with Gasteiger partial charge in [0.1, 0.15) is 0 Å². The number of Topliss-reactive ketones (excluding diaryl/α,β-unsaturated/α-hetero) is 1. The van der Waals surface area contributed by atoms with E-state index in [-0.39, 0.29) is 5.78 Å². The summed E-state index contributed by atoms with van der Waals surface area (Å²) in [5, 5.41) is 7.26. The van der Waals surface area contributed by atoms with Crippen molar-refractivity contribution in [1.29, 1.82) is 0 Å². The van der Waals surface area contributed by atoms with Crippen LogP contribution < -0.4 is 4.90 Å². The highest BCUT2D eigenvalue weighted by molar-refractivity contribution is 6.13. The van der Waals surface area contributed by atoms with Crippen molar-refractivity contribution in [1.82, 2.24) is 0 Å². The Morgan fingerprint density at radius 2 is 1.13 bits per heavy atom. The molecule has 2 nitrogen and oxygen atoms in total. The second-order valence-corrected chi connectivity index (χ2v) is 12.4. The van der Waals surface area contributed by atoms with Crippen LogP contribution in [0, 0.1) is 13.8 Å². The molecule has 0 amide bonds. The maximum absolute atomic E-state index is 12.9. The van der Waals surface area contributed by atoms with Gasteiger partial charge in [0.2, 0.25) is 0 Å². The summed E-state index contributed by atoms with van der Waals surface area (Å²) in [6.07, 6.45) is 6.82. The molecular weight excluding hydrogens is 558 g/mol. The molecule has 0 aliphatic heterocycles. The SMILES string of the molecule is Cc1ccc2c(c1)C(=O)C(=CC=Cc1cc3ccc(N(c4ccc5ccccc5c4)c4ccc5ccccc5c4)cc3cc1C)C2. The zero-order valence-corrected chi connectivity index (χ0v) is 26.0. The summed E-state index contributed by atoms with van der Waals surface area (Å²) in [5.74, 6) is 0.147. The van der Waals surface area contributed by atoms with E-state index >= 15 is 0 Å². The minimum Gasteiger partial charge on any atom is -0.310 e. The number of nitrogens with zero attached hydrogens (tertiary/aromatic N) is 1. The van der Waals surface area contributed by atoms with Gasteiger partial charge in [-0.2, -0.15) is 0 Å². The topological polar surface area (TPSA) is 20.3 Å². The quantitative estimate of drug-likeness (QED) is 0.186. The lowest BCUT2D eigenvalue weighted by atomic mass is 10.00. The van der Waals surface area contributed by atoms with Crippen molar-refractivity contribution in [3.05, 3.63) is 179 Å². The smallest absolute Gasteiger partial charge is 0.189 e. The maximum Gasteiger partial charge on any atom is 0.189 e. The Balaban J connectivity index is 1.16. The van der Waals surface area contributed by atoms with Gasteiger partial charge in [0.25, 0.3) is 0 Å². The van der Waals surface area contributed by atoms with E-state index in [9.17, 15) is 4.79 Å². The van der Waals surface area contributed by atoms with Gasteiger partial charge in [-0.15, -0.1) is 0 Å². The fourth-order valence-electron chi connectivity index (χ4n) is 6.73. The molecule has 0 bridgehead atoms. The van der Waals surface area contributed by atoms with Gasteiger partial charge in [-0.3, -0.25) is 4.79 Å². The van der Waals surface area contributed by atoms with Crippen LogP contribution in [-0.4, -0.2) is 5.78 Å². The van der Waals surface area contributed by atoms with E-state index in [1.807, 2.05) is 25.1 Å². The average molecular weight is 592 g/mol. The number of aryl methyl sites for hydroxylation is 2. The summed E-state index contributed by atoms with van der Waals surface area (Å²) in [7, 11) is 0. The molecule has 2 heteroatoms. The molecular formula is C44H33NO. The number of hydrogen-bond donors (Lipinski definition) is 0. The van der Waals surface area contributed by atoms with Crippen molar-refractivity contribution in [2.75, 3.05) is 4.90 Å². The van der Waals surface area contributed by atoms with Crippen molar-refractivity contribution in [2.24, 2.45) is 0 Å². The number of ketones is 1. The fraction of sp³-hybridized carbons (Fsp3) is 0.0682. The molecule has 0 aromatic heterocycles. The number of carbonyl (C=O) groups excluding carboxylic acids is 1. The molecule has 7 aromatic rings. The summed E-state index contributed by atoms with van der Waals surface area (Å²) < 4.78 is 0. The molecule has 46 heavy (non-hydrogen) atoms. The molecule has 8 rings (SSSR count). The molecule has 0 atom stereocenters. The molecule has 0 saturated heterocycles. The van der Waals surface area contributed by atoms with Crippen molar-refractivity contribution < 1.29 is 4.79 Å². The molecule has 0 N–H and O–H groups in total. The van der Waals surface area contributed by atoms with E-state index in [4.69, 9.17) is 0 Å². The first-order chi connectivity index (χ1) is 22.5. The Morgan fingerprint density at radius 3 is 1.78 bits per heavy atom. The van der Waals surface area contributed by atoms with Gasteiger partial charge >= 0.3 is 0 Å². The predicted octanol–water partition coefficient (Wildman–Crippen LogP) is 11.6. The highest BCUT2D eigenvalue weighted by atomic mass is 16.1. The van der Waals surface area contributed by atoms with Crippen molar-refractivity contribution >= 4 is 61.2 Å². The van der Waals surface area contributed by atoms with Gasteiger partial charge in [0, 0.05) is 34.6 Å². The standard InChI is InChI=1S/C44H33NO/c1-29-14-15-37-25-38(44(46)43(37)22-29)13-7-12-33-24-36-18-21-42(28-39(36)23-30(33)2)45(40-19-16-31-8-3-5-10-34(31)26-40)41-20-17-32-9-4-6-11-35(32)27-41/h3-24,26-28H,25H2,1-2H3. The fourth-order valence-corrected chi connectivity index (χ4v) is 6.73. The van der Waals surface area contributed by atoms with Crippen LogP contribution in [0.4, 0.5) is 17.1 Å². The lowest BCUT2D eigenvalue weighted by Gasteiger charge is -2.26. The summed E-state index contributed by atoms with van der Waals surface area (Å²) in [5.41, 5.74) is 9.63. The van der Waals surface area contributed by atoms with E-state index in [1.54, 1.807) is 0 Å². The lowest BCUT2D eigenvalue weighted by molar-refractivity contribution is 0.103. The van der Waals surface area contributed by atoms with Gasteiger partial charge < -0.3 is 4.90 Å². The second kappa shape index (κ2) is 11.3. The molecule has 0 radical (unpaired) electrons. The molecule has 0 saturated carbocycles. The van der Waals surface area contributed by atoms with Gasteiger partial charge in [-0.05, 0) is 111 Å². The number of anilines is 3. The molecule has 0 heterocycles. The molecule has 0 unspecified atom stereocenters. The molecule has 7 aromatic carbocycles. The van der Waals surface area contributed by atoms with Crippen LogP contribution >= 0.6 is 0 Å². The molecule has 0 spiro atoms. The number of benzene rings is 7. The first-order valence-corrected chi connectivity index (χ1v) is 15.8. The van der Waals surface area contributed by atoms with Crippen LogP contribution in [0.5, 0.6) is 0 Å². The Hall–Kier alpha value is -5.73. The third-order valence-electron chi connectivity index (χ3n) is 9.21. The monoisotopic (exact) mass is 591 g/mol. The molecule has 1 aliphatic carbocycles. The minimum absolute atomic E-state index is 0.147. The zero-order chi connectivity index (χ0) is 31.2. The summed E-state index contributed by atoms with van der Waals surface area (Å²) in [6, 6.07) is 47.8. The van der Waals surface area contributed by atoms with Gasteiger partial charge in [0.05, 0.1) is 0 Å². The number of rotatable bonds is 5. The van der Waals surface area contributed by atoms with Crippen LogP contribution in [0.25, 0.3) is 38.4 Å². The van der Waals surface area contributed by atoms with Crippen LogP contribution in [0.2, 0.25) is 0 Å². The number of allylic oxidation sites excluding steroid dienone is 3. The van der Waals surface area contributed by atoms with E-state index in [2.05, 4.69) is 145 Å². The van der Waals surface area contributed by atoms with Crippen LogP contribution in [0.15, 0.2) is 151 Å². The maximum atomic E-state index is 12.9. The Bertz CT molecular complexity index is 2310. The largest absolute Gasteiger partial charge is 0.310 e. The highest BCUT2D eigenvalue weighted by Crippen LogP contribution is 2.39.